The molecule has 0 heterocycles. The monoisotopic (exact) mass is 1170 g/mol. The Morgan fingerprint density at radius 3 is 1.22 bits per heavy atom. The summed E-state index contributed by atoms with van der Waals surface area (Å²) in [6.45, 7) is 4.48. The van der Waals surface area contributed by atoms with Crippen LogP contribution < -0.4 is 49.1 Å². The van der Waals surface area contributed by atoms with E-state index in [-0.39, 0.29) is 50.8 Å². The van der Waals surface area contributed by atoms with Crippen molar-refractivity contribution in [2.75, 3.05) is 20.3 Å². The maximum atomic E-state index is 13.2. The fourth-order valence-electron chi connectivity index (χ4n) is 8.36. The smallest absolute Gasteiger partial charge is 0.423 e. The van der Waals surface area contributed by atoms with Crippen LogP contribution in [0.4, 0.5) is 0 Å². The Morgan fingerprint density at radius 1 is 0.482 bits per heavy atom. The Morgan fingerprint density at radius 2 is 0.847 bits per heavy atom. The molecule has 1 saturated carbocycles. The molecule has 7 rings (SSSR count). The Hall–Kier alpha value is -8.03. The highest BCUT2D eigenvalue weighted by Gasteiger charge is 2.38. The lowest BCUT2D eigenvalue weighted by molar-refractivity contribution is -0.136. The first-order chi connectivity index (χ1) is 40.8. The number of primary amides is 2. The van der Waals surface area contributed by atoms with Crippen LogP contribution in [-0.2, 0) is 82.4 Å². The van der Waals surface area contributed by atoms with E-state index in [0.717, 1.165) is 22.3 Å². The van der Waals surface area contributed by atoms with Crippen molar-refractivity contribution in [2.24, 2.45) is 29.2 Å². The molecule has 1 aliphatic carbocycles. The van der Waals surface area contributed by atoms with Crippen molar-refractivity contribution >= 4 is 73.2 Å². The molecule has 0 aliphatic heterocycles. The van der Waals surface area contributed by atoms with Gasteiger partial charge in [0.1, 0.15) is 6.04 Å². The fourth-order valence-corrected chi connectivity index (χ4v) is 8.36. The van der Waals surface area contributed by atoms with E-state index in [0.29, 0.717) is 67.7 Å². The predicted molar refractivity (Wildman–Crippen MR) is 323 cm³/mol. The molecule has 450 valence electrons. The summed E-state index contributed by atoms with van der Waals surface area (Å²) in [5.41, 5.74) is 17.8. The zero-order valence-electron chi connectivity index (χ0n) is 47.8. The van der Waals surface area contributed by atoms with Gasteiger partial charge in [-0.2, -0.15) is 0 Å². The van der Waals surface area contributed by atoms with Gasteiger partial charge in [0.25, 0.3) is 0 Å². The SMILES string of the molecule is CCC(=O)NCc1ccc(B(O)O)cc1.COCc1ccccc1.NC(=O)C1CC(C(N)=O)CC(C(=O)N[C@@H](COCc2ccccc2)C(=O)NCc2ccc(B(O)O)cc2)C1.O=C(CCOCc1ccccc1)NCc1ccc(B(O)O)cc1. The van der Waals surface area contributed by atoms with Gasteiger partial charge in [0.05, 0.1) is 33.0 Å². The Labute approximate surface area is 496 Å². The fraction of sp³-hybridized carbons (Fsp3) is 0.311. The van der Waals surface area contributed by atoms with Crippen LogP contribution in [-0.4, -0.2) is 113 Å². The summed E-state index contributed by atoms with van der Waals surface area (Å²) < 4.78 is 16.1. The molecule has 6 aromatic carbocycles. The van der Waals surface area contributed by atoms with E-state index in [9.17, 15) is 38.8 Å². The maximum Gasteiger partial charge on any atom is 0.488 e. The Balaban J connectivity index is 0.000000276. The lowest BCUT2D eigenvalue weighted by atomic mass is 9.74. The third-order valence-corrected chi connectivity index (χ3v) is 13.3. The van der Waals surface area contributed by atoms with Crippen molar-refractivity contribution < 1.29 is 73.1 Å². The second-order valence-electron chi connectivity index (χ2n) is 19.8. The first-order valence-corrected chi connectivity index (χ1v) is 27.7. The number of methoxy groups -OCH3 is 1. The highest BCUT2D eigenvalue weighted by molar-refractivity contribution is 6.59. The molecule has 0 radical (unpaired) electrons. The lowest BCUT2D eigenvalue weighted by Crippen LogP contribution is -2.52. The van der Waals surface area contributed by atoms with Crippen molar-refractivity contribution in [3.8, 4) is 0 Å². The molecule has 3 atom stereocenters. The minimum absolute atomic E-state index is 0.00118. The average molecular weight is 1170 g/mol. The van der Waals surface area contributed by atoms with Crippen molar-refractivity contribution in [1.82, 2.24) is 21.3 Å². The van der Waals surface area contributed by atoms with Crippen molar-refractivity contribution in [1.29, 1.82) is 0 Å². The van der Waals surface area contributed by atoms with Crippen LogP contribution in [0.5, 0.6) is 0 Å². The molecule has 85 heavy (non-hydrogen) atoms. The minimum atomic E-state index is -1.59. The molecule has 0 bridgehead atoms. The second-order valence-corrected chi connectivity index (χ2v) is 19.8. The van der Waals surface area contributed by atoms with Crippen molar-refractivity contribution in [3.05, 3.63) is 197 Å². The molecule has 2 unspecified atom stereocenters. The van der Waals surface area contributed by atoms with Gasteiger partial charge in [0.2, 0.25) is 35.4 Å². The maximum absolute atomic E-state index is 13.2. The van der Waals surface area contributed by atoms with Crippen molar-refractivity contribution in [3.63, 3.8) is 0 Å². The molecule has 0 saturated heterocycles. The molecular weight excluding hydrogens is 1090 g/mol. The molecule has 6 amide bonds. The van der Waals surface area contributed by atoms with Crippen LogP contribution in [0.1, 0.15) is 72.4 Å². The van der Waals surface area contributed by atoms with Gasteiger partial charge >= 0.3 is 21.4 Å². The van der Waals surface area contributed by atoms with Crippen LogP contribution in [0.3, 0.4) is 0 Å². The molecule has 1 fully saturated rings. The summed E-state index contributed by atoms with van der Waals surface area (Å²) in [4.78, 5) is 72.5. The van der Waals surface area contributed by atoms with Gasteiger partial charge in [-0.25, -0.2) is 0 Å². The van der Waals surface area contributed by atoms with Crippen LogP contribution in [0, 0.1) is 17.8 Å². The second kappa shape index (κ2) is 38.8. The predicted octanol–water partition coefficient (Wildman–Crippen LogP) is 0.502. The van der Waals surface area contributed by atoms with E-state index in [1.165, 1.54) is 17.7 Å². The Bertz CT molecular complexity index is 2900. The molecule has 0 aromatic heterocycles. The van der Waals surface area contributed by atoms with Gasteiger partial charge in [0, 0.05) is 57.3 Å². The molecule has 0 spiro atoms. The summed E-state index contributed by atoms with van der Waals surface area (Å²) in [5.74, 6) is -4.33. The number of benzene rings is 6. The number of nitrogens with two attached hydrogens (primary N) is 2. The van der Waals surface area contributed by atoms with E-state index in [1.54, 1.807) is 74.7 Å². The zero-order valence-corrected chi connectivity index (χ0v) is 47.8. The topological polar surface area (TPSA) is 352 Å². The number of ether oxygens (including phenoxy) is 3. The number of nitrogens with one attached hydrogen (secondary N) is 4. The molecule has 1 aliphatic rings. The summed E-state index contributed by atoms with van der Waals surface area (Å²) in [7, 11) is -2.81. The number of carbonyl (C=O) groups excluding carboxylic acids is 6. The quantitative estimate of drug-likeness (QED) is 0.0260. The summed E-state index contributed by atoms with van der Waals surface area (Å²) in [6.07, 6.45) is 1.29. The van der Waals surface area contributed by atoms with Crippen LogP contribution in [0.15, 0.2) is 164 Å². The van der Waals surface area contributed by atoms with Crippen molar-refractivity contribution in [2.45, 2.75) is 84.5 Å². The minimum Gasteiger partial charge on any atom is -0.423 e. The lowest BCUT2D eigenvalue weighted by Gasteiger charge is -2.32. The molecule has 21 nitrogen and oxygen atoms in total. The number of carbonyl (C=O) groups is 6. The third kappa shape index (κ3) is 27.5. The van der Waals surface area contributed by atoms with Gasteiger partial charge in [-0.15, -0.1) is 0 Å². The Kier molecular flexibility index (Phi) is 31.7. The van der Waals surface area contributed by atoms with Crippen LogP contribution >= 0.6 is 0 Å². The zero-order chi connectivity index (χ0) is 61.9. The van der Waals surface area contributed by atoms with E-state index in [1.807, 2.05) is 91.0 Å². The molecule has 6 aromatic rings. The largest absolute Gasteiger partial charge is 0.488 e. The van der Waals surface area contributed by atoms with Gasteiger partial charge < -0.3 is 77.1 Å². The van der Waals surface area contributed by atoms with E-state index in [2.05, 4.69) is 21.3 Å². The number of rotatable bonds is 26. The number of hydrogen-bond acceptors (Lipinski definition) is 15. The molecule has 14 N–H and O–H groups in total. The average Bonchev–Trinajstić information content (AvgIpc) is 3.71. The molecule has 24 heteroatoms. The third-order valence-electron chi connectivity index (χ3n) is 13.3. The summed E-state index contributed by atoms with van der Waals surface area (Å²) in [5, 5.41) is 65.2. The molecular formula is C61H77B3N6O15. The highest BCUT2D eigenvalue weighted by Crippen LogP contribution is 2.33. The first kappa shape index (κ1) is 69.5. The van der Waals surface area contributed by atoms with Crippen LogP contribution in [0.2, 0.25) is 0 Å². The summed E-state index contributed by atoms with van der Waals surface area (Å²) in [6, 6.07) is 48.0. The number of hydrogen-bond donors (Lipinski definition) is 12. The van der Waals surface area contributed by atoms with Gasteiger partial charge in [-0.1, -0.05) is 171 Å². The highest BCUT2D eigenvalue weighted by atomic mass is 16.5. The standard InChI is InChI=1S/C26H33BN4O7.C17H20BNO4.C10H14BNO3.C8H10O/c28-23(32)18-10-19(24(29)33)12-20(11-18)25(34)31-22(15-38-14-17-4-2-1-3-5-17)26(35)30-13-16-6-8-21(9-7-16)27(36)37;20-17(10-11-23-13-15-4-2-1-3-5-15)19-12-14-6-8-16(9-7-14)18(21)22;1-2-10(13)12-7-8-3-5-9(6-4-8)11(14)15;1-9-7-8-5-3-2-4-6-8/h1-9,18-20,22,36-37H,10-15H2,(H2,28,32)(H2,29,33)(H,30,35)(H,31,34);1-9,21-22H,10-13H2,(H,19,20);3-6,14-15H,2,7H2,1H3,(H,12,13);2-6H,7H2,1H3/t18?,19?,20?,22-;;;/m0.../s1. The van der Waals surface area contributed by atoms with E-state index in [4.69, 9.17) is 45.8 Å². The number of amides is 6. The van der Waals surface area contributed by atoms with Gasteiger partial charge in [-0.05, 0) is 69.0 Å². The summed E-state index contributed by atoms with van der Waals surface area (Å²) >= 11 is 0. The first-order valence-electron chi connectivity index (χ1n) is 27.7. The van der Waals surface area contributed by atoms with Crippen LogP contribution in [0.25, 0.3) is 0 Å². The van der Waals surface area contributed by atoms with E-state index >= 15 is 0 Å². The van der Waals surface area contributed by atoms with E-state index < -0.39 is 68.8 Å². The van der Waals surface area contributed by atoms with Gasteiger partial charge in [-0.3, -0.25) is 28.8 Å². The normalized spacial score (nSPS) is 14.3. The van der Waals surface area contributed by atoms with Gasteiger partial charge in [0.15, 0.2) is 0 Å².